The number of hydrogen-bond donors (Lipinski definition) is 2. The third-order valence-electron chi connectivity index (χ3n) is 2.55. The molecule has 106 valence electrons. The van der Waals surface area contributed by atoms with E-state index < -0.39 is 5.91 Å². The minimum atomic E-state index is -0.588. The van der Waals surface area contributed by atoms with Crippen molar-refractivity contribution in [3.05, 3.63) is 33.8 Å². The van der Waals surface area contributed by atoms with E-state index >= 15 is 0 Å². The predicted octanol–water partition coefficient (Wildman–Crippen LogP) is 1.68. The maximum Gasteiger partial charge on any atom is 0.245 e. The number of nitrogens with two attached hydrogens (primary N) is 1. The largest absolute Gasteiger partial charge is 0.436 e. The van der Waals surface area contributed by atoms with Gasteiger partial charge in [0.25, 0.3) is 0 Å². The first-order valence-corrected chi connectivity index (χ1v) is 6.71. The van der Waals surface area contributed by atoms with Crippen molar-refractivity contribution in [2.45, 2.75) is 13.8 Å². The van der Waals surface area contributed by atoms with Crippen molar-refractivity contribution >= 4 is 48.3 Å². The number of nitrogens with one attached hydrogen (secondary N) is 1. The van der Waals surface area contributed by atoms with Crippen LogP contribution in [0.15, 0.2) is 23.8 Å². The molecular weight excluding hydrogens is 298 g/mol. The Hall–Kier alpha value is -1.46. The molecule has 3 N–H and O–H groups in total. The first kappa shape index (κ1) is 16.6. The highest BCUT2D eigenvalue weighted by molar-refractivity contribution is 6.41. The summed E-state index contributed by atoms with van der Waals surface area (Å²) in [5, 5.41) is 8.37. The van der Waals surface area contributed by atoms with Gasteiger partial charge in [-0.05, 0) is 18.1 Å². The number of hydrogen-bond acceptors (Lipinski definition) is 3. The van der Waals surface area contributed by atoms with Crippen LogP contribution in [0.5, 0.6) is 5.75 Å². The van der Waals surface area contributed by atoms with Crippen molar-refractivity contribution in [2.24, 2.45) is 11.7 Å². The lowest BCUT2D eigenvalue weighted by Crippen LogP contribution is -2.20. The molecule has 0 aromatic heterocycles. The summed E-state index contributed by atoms with van der Waals surface area (Å²) >= 11 is 12.0. The van der Waals surface area contributed by atoms with Crippen LogP contribution in [0, 0.1) is 11.3 Å². The van der Waals surface area contributed by atoms with Gasteiger partial charge in [0.2, 0.25) is 11.8 Å². The van der Waals surface area contributed by atoms with E-state index in [9.17, 15) is 4.79 Å². The van der Waals surface area contributed by atoms with Crippen molar-refractivity contribution in [3.63, 3.8) is 0 Å². The van der Waals surface area contributed by atoms with Crippen molar-refractivity contribution in [1.82, 2.24) is 0 Å². The molecule has 0 spiro atoms. The van der Waals surface area contributed by atoms with Crippen molar-refractivity contribution in [2.75, 3.05) is 0 Å². The average Bonchev–Trinajstić information content (AvgIpc) is 2.29. The number of benzene rings is 1. The van der Waals surface area contributed by atoms with Gasteiger partial charge >= 0.3 is 0 Å². The lowest BCUT2D eigenvalue weighted by molar-refractivity contribution is -0.115. The van der Waals surface area contributed by atoms with Gasteiger partial charge in [0.1, 0.15) is 7.85 Å². The van der Waals surface area contributed by atoms with Crippen LogP contribution in [-0.2, 0) is 4.79 Å². The van der Waals surface area contributed by atoms with Gasteiger partial charge in [0.15, 0.2) is 5.75 Å². The zero-order valence-electron chi connectivity index (χ0n) is 11.5. The van der Waals surface area contributed by atoms with Gasteiger partial charge in [-0.25, -0.2) is 0 Å². The van der Waals surface area contributed by atoms with E-state index in [1.165, 1.54) is 6.08 Å². The molecule has 0 fully saturated rings. The SMILES string of the molecule is Bc1cc(Cl)c(OC(=N)/C=C(\C(N)=O)C(C)C)c(Cl)c1. The second kappa shape index (κ2) is 6.82. The van der Waals surface area contributed by atoms with Gasteiger partial charge in [-0.15, -0.1) is 0 Å². The number of halogens is 2. The molecule has 0 radical (unpaired) electrons. The molecule has 0 unspecified atom stereocenters. The van der Waals surface area contributed by atoms with E-state index in [2.05, 4.69) is 0 Å². The first-order valence-electron chi connectivity index (χ1n) is 5.95. The third kappa shape index (κ3) is 4.29. The molecule has 7 heteroatoms. The maximum atomic E-state index is 11.3. The van der Waals surface area contributed by atoms with E-state index in [1.807, 2.05) is 7.85 Å². The minimum absolute atomic E-state index is 0.111. The molecule has 0 aliphatic heterocycles. The highest BCUT2D eigenvalue weighted by Gasteiger charge is 2.14. The van der Waals surface area contributed by atoms with E-state index in [-0.39, 0.29) is 17.6 Å². The average molecular weight is 313 g/mol. The Labute approximate surface area is 128 Å². The van der Waals surface area contributed by atoms with Gasteiger partial charge < -0.3 is 10.5 Å². The zero-order valence-corrected chi connectivity index (χ0v) is 13.0. The van der Waals surface area contributed by atoms with Crippen LogP contribution in [0.4, 0.5) is 0 Å². The Morgan fingerprint density at radius 3 is 2.30 bits per heavy atom. The van der Waals surface area contributed by atoms with E-state index in [0.717, 1.165) is 5.46 Å². The summed E-state index contributed by atoms with van der Waals surface area (Å²) in [5.41, 5.74) is 6.43. The third-order valence-corrected chi connectivity index (χ3v) is 3.11. The molecular formula is C13H15BCl2N2O2. The summed E-state index contributed by atoms with van der Waals surface area (Å²) in [7, 11) is 1.84. The van der Waals surface area contributed by atoms with Crippen LogP contribution in [0.25, 0.3) is 0 Å². The van der Waals surface area contributed by atoms with Gasteiger partial charge in [0, 0.05) is 11.6 Å². The molecule has 20 heavy (non-hydrogen) atoms. The highest BCUT2D eigenvalue weighted by atomic mass is 35.5. The van der Waals surface area contributed by atoms with Crippen LogP contribution in [0.1, 0.15) is 13.8 Å². The second-order valence-corrected chi connectivity index (χ2v) is 5.46. The predicted molar refractivity (Wildman–Crippen MR) is 85.1 cm³/mol. The van der Waals surface area contributed by atoms with E-state index in [4.69, 9.17) is 39.1 Å². The van der Waals surface area contributed by atoms with Crippen molar-refractivity contribution in [1.29, 1.82) is 5.41 Å². The number of carbonyl (C=O) groups is 1. The summed E-state index contributed by atoms with van der Waals surface area (Å²) in [6, 6.07) is 3.36. The lowest BCUT2D eigenvalue weighted by atomic mass is 9.96. The lowest BCUT2D eigenvalue weighted by Gasteiger charge is -2.11. The standard InChI is InChI=1S/C13H15BCl2N2O2/c1-6(2)8(13(18)19)5-11(17)20-12-9(15)3-7(14)4-10(12)16/h3-6,17H,14H2,1-2H3,(H2,18,19)/b8-5-,17-11?. The molecule has 0 aliphatic rings. The summed E-state index contributed by atoms with van der Waals surface area (Å²) in [4.78, 5) is 11.3. The maximum absolute atomic E-state index is 11.3. The van der Waals surface area contributed by atoms with Crippen LogP contribution in [0.2, 0.25) is 10.0 Å². The molecule has 0 heterocycles. The second-order valence-electron chi connectivity index (χ2n) is 4.64. The van der Waals surface area contributed by atoms with Crippen molar-refractivity contribution in [3.8, 4) is 5.75 Å². The first-order chi connectivity index (χ1) is 9.22. The number of ether oxygens (including phenoxy) is 1. The fourth-order valence-corrected chi connectivity index (χ4v) is 2.26. The molecule has 1 aromatic rings. The van der Waals surface area contributed by atoms with Gasteiger partial charge in [-0.1, -0.05) is 42.5 Å². The van der Waals surface area contributed by atoms with Crippen LogP contribution >= 0.6 is 23.2 Å². The Bertz CT molecular complexity index is 563. The monoisotopic (exact) mass is 312 g/mol. The molecule has 1 rings (SSSR count). The van der Waals surface area contributed by atoms with Crippen LogP contribution < -0.4 is 15.9 Å². The zero-order chi connectivity index (χ0) is 15.4. The summed E-state index contributed by atoms with van der Waals surface area (Å²) in [6.45, 7) is 3.60. The van der Waals surface area contributed by atoms with Crippen LogP contribution in [-0.4, -0.2) is 19.7 Å². The smallest absolute Gasteiger partial charge is 0.245 e. The van der Waals surface area contributed by atoms with E-state index in [0.29, 0.717) is 15.6 Å². The summed E-state index contributed by atoms with van der Waals surface area (Å²) in [5.74, 6) is -0.761. The molecule has 0 saturated carbocycles. The quantitative estimate of drug-likeness (QED) is 0.384. The number of rotatable bonds is 4. The molecule has 0 saturated heterocycles. The fraction of sp³-hybridized carbons (Fsp3) is 0.231. The fourth-order valence-electron chi connectivity index (χ4n) is 1.59. The Balaban J connectivity index is 3.03. The number of primary amides is 1. The molecule has 1 aromatic carbocycles. The molecule has 0 aliphatic carbocycles. The Morgan fingerprint density at radius 1 is 1.40 bits per heavy atom. The summed E-state index contributed by atoms with van der Waals surface area (Å²) in [6.07, 6.45) is 1.28. The molecule has 0 bridgehead atoms. The molecule has 4 nitrogen and oxygen atoms in total. The Kier molecular flexibility index (Phi) is 5.66. The Morgan fingerprint density at radius 2 is 1.90 bits per heavy atom. The van der Waals surface area contributed by atoms with Gasteiger partial charge in [-0.2, -0.15) is 0 Å². The highest BCUT2D eigenvalue weighted by Crippen LogP contribution is 2.31. The molecule has 1 amide bonds. The normalized spacial score (nSPS) is 11.6. The van der Waals surface area contributed by atoms with Crippen LogP contribution in [0.3, 0.4) is 0 Å². The van der Waals surface area contributed by atoms with Gasteiger partial charge in [0.05, 0.1) is 10.0 Å². The van der Waals surface area contributed by atoms with Crippen molar-refractivity contribution < 1.29 is 9.53 Å². The van der Waals surface area contributed by atoms with E-state index in [1.54, 1.807) is 26.0 Å². The minimum Gasteiger partial charge on any atom is -0.436 e. The number of amides is 1. The topological polar surface area (TPSA) is 76.2 Å². The summed E-state index contributed by atoms with van der Waals surface area (Å²) < 4.78 is 5.30. The molecule has 0 atom stereocenters. The van der Waals surface area contributed by atoms with Gasteiger partial charge in [-0.3, -0.25) is 10.2 Å². The number of carbonyl (C=O) groups excluding carboxylic acids is 1.